The zero-order chi connectivity index (χ0) is 26.2. The number of hydrogen-bond acceptors (Lipinski definition) is 8. The number of nitrogen functional groups attached to an aromatic ring is 1. The van der Waals surface area contributed by atoms with Gasteiger partial charge in [-0.15, -0.1) is 0 Å². The first-order chi connectivity index (χ1) is 18.4. The molecule has 0 unspecified atom stereocenters. The minimum Gasteiger partial charge on any atom is -0.436 e. The minimum atomic E-state index is 0.0335. The van der Waals surface area contributed by atoms with Gasteiger partial charge >= 0.3 is 0 Å². The van der Waals surface area contributed by atoms with Gasteiger partial charge in [0.15, 0.2) is 11.2 Å². The van der Waals surface area contributed by atoms with Crippen LogP contribution in [0.2, 0.25) is 0 Å². The van der Waals surface area contributed by atoms with Crippen LogP contribution in [-0.4, -0.2) is 48.8 Å². The fraction of sp³-hybridized carbons (Fsp3) is 0.179. The van der Waals surface area contributed by atoms with E-state index in [9.17, 15) is 4.79 Å². The van der Waals surface area contributed by atoms with E-state index >= 15 is 0 Å². The quantitative estimate of drug-likeness (QED) is 0.274. The number of amides is 1. The van der Waals surface area contributed by atoms with Crippen LogP contribution in [0.25, 0.3) is 22.4 Å². The molecule has 10 heteroatoms. The van der Waals surface area contributed by atoms with Crippen molar-refractivity contribution in [1.29, 1.82) is 0 Å². The summed E-state index contributed by atoms with van der Waals surface area (Å²) in [4.78, 5) is 35.3. The highest BCUT2D eigenvalue weighted by atomic mass is 16.5. The van der Waals surface area contributed by atoms with Crippen molar-refractivity contribution in [1.82, 2.24) is 29.8 Å². The number of carbonyl (C=O) groups excluding carboxylic acids is 1. The van der Waals surface area contributed by atoms with E-state index in [2.05, 4.69) is 30.2 Å². The summed E-state index contributed by atoms with van der Waals surface area (Å²) in [7, 11) is 0. The number of imidazole rings is 1. The molecule has 0 aliphatic carbocycles. The lowest BCUT2D eigenvalue weighted by Gasteiger charge is -2.30. The number of nitrogens with two attached hydrogens (primary N) is 1. The van der Waals surface area contributed by atoms with Crippen LogP contribution in [0.1, 0.15) is 27.9 Å². The Morgan fingerprint density at radius 2 is 1.79 bits per heavy atom. The van der Waals surface area contributed by atoms with Gasteiger partial charge in [0.1, 0.15) is 5.75 Å². The van der Waals surface area contributed by atoms with Crippen molar-refractivity contribution in [3.8, 4) is 22.9 Å². The molecule has 1 fully saturated rings. The van der Waals surface area contributed by atoms with Crippen molar-refractivity contribution in [3.05, 3.63) is 77.7 Å². The molecule has 0 atom stereocenters. The van der Waals surface area contributed by atoms with Gasteiger partial charge in [0, 0.05) is 36.2 Å². The Labute approximate surface area is 218 Å². The monoisotopic (exact) mass is 506 g/mol. The number of aromatic amines is 1. The van der Waals surface area contributed by atoms with Gasteiger partial charge in [0.25, 0.3) is 11.8 Å². The van der Waals surface area contributed by atoms with Gasteiger partial charge in [-0.25, -0.2) is 4.98 Å². The van der Waals surface area contributed by atoms with Gasteiger partial charge in [0.05, 0.1) is 17.6 Å². The molecule has 2 aromatic carbocycles. The van der Waals surface area contributed by atoms with E-state index in [4.69, 9.17) is 10.5 Å². The van der Waals surface area contributed by atoms with E-state index in [1.807, 2.05) is 55.1 Å². The van der Waals surface area contributed by atoms with E-state index in [1.165, 1.54) is 0 Å². The molecule has 10 nitrogen and oxygen atoms in total. The molecular weight excluding hydrogens is 480 g/mol. The second-order valence-electron chi connectivity index (χ2n) is 9.32. The SMILES string of the molecule is Cc1cc(-c2ccc(C(=O)N3CCC3)cn2)cc(C)c1Oc1nc(Nc2ccc(N)cc2)nc2[nH]cnc12. The maximum Gasteiger partial charge on any atom is 0.255 e. The van der Waals surface area contributed by atoms with Crippen molar-refractivity contribution < 1.29 is 9.53 Å². The summed E-state index contributed by atoms with van der Waals surface area (Å²) in [6.45, 7) is 5.58. The lowest BCUT2D eigenvalue weighted by Crippen LogP contribution is -2.42. The molecule has 0 radical (unpaired) electrons. The van der Waals surface area contributed by atoms with Crippen LogP contribution in [0.3, 0.4) is 0 Å². The van der Waals surface area contributed by atoms with Crippen molar-refractivity contribution in [2.75, 3.05) is 24.1 Å². The second kappa shape index (κ2) is 9.47. The largest absolute Gasteiger partial charge is 0.436 e. The molecule has 4 N–H and O–H groups in total. The van der Waals surface area contributed by atoms with Gasteiger partial charge in [0.2, 0.25) is 5.95 Å². The fourth-order valence-corrected chi connectivity index (χ4v) is 4.38. The summed E-state index contributed by atoms with van der Waals surface area (Å²) in [5, 5.41) is 3.18. The maximum atomic E-state index is 12.5. The number of benzene rings is 2. The van der Waals surface area contributed by atoms with E-state index in [-0.39, 0.29) is 5.91 Å². The smallest absolute Gasteiger partial charge is 0.255 e. The minimum absolute atomic E-state index is 0.0335. The van der Waals surface area contributed by atoms with Crippen molar-refractivity contribution >= 4 is 34.4 Å². The first-order valence-electron chi connectivity index (χ1n) is 12.3. The van der Waals surface area contributed by atoms with E-state index in [0.29, 0.717) is 40.0 Å². The summed E-state index contributed by atoms with van der Waals surface area (Å²) >= 11 is 0. The highest BCUT2D eigenvalue weighted by Crippen LogP contribution is 2.35. The molecule has 38 heavy (non-hydrogen) atoms. The maximum absolute atomic E-state index is 12.5. The molecule has 0 saturated carbocycles. The fourth-order valence-electron chi connectivity index (χ4n) is 4.38. The third kappa shape index (κ3) is 4.47. The molecule has 190 valence electrons. The first-order valence-corrected chi connectivity index (χ1v) is 12.3. The Balaban J connectivity index is 1.27. The second-order valence-corrected chi connectivity index (χ2v) is 9.32. The van der Waals surface area contributed by atoms with Crippen LogP contribution >= 0.6 is 0 Å². The van der Waals surface area contributed by atoms with Crippen molar-refractivity contribution in [3.63, 3.8) is 0 Å². The molecule has 4 heterocycles. The number of H-pyrrole nitrogens is 1. The van der Waals surface area contributed by atoms with Gasteiger partial charge in [-0.3, -0.25) is 9.78 Å². The lowest BCUT2D eigenvalue weighted by molar-refractivity contribution is 0.0651. The van der Waals surface area contributed by atoms with Gasteiger partial charge in [-0.05, 0) is 79.9 Å². The Hall–Kier alpha value is -4.99. The highest BCUT2D eigenvalue weighted by Gasteiger charge is 2.22. The normalized spacial score (nSPS) is 12.8. The summed E-state index contributed by atoms with van der Waals surface area (Å²) in [6, 6.07) is 15.0. The number of nitrogens with zero attached hydrogens (tertiary/aromatic N) is 5. The molecule has 1 saturated heterocycles. The van der Waals surface area contributed by atoms with Crippen LogP contribution < -0.4 is 15.8 Å². The van der Waals surface area contributed by atoms with Crippen LogP contribution in [0.4, 0.5) is 17.3 Å². The molecule has 1 aliphatic rings. The Morgan fingerprint density at radius 3 is 2.45 bits per heavy atom. The topological polar surface area (TPSA) is 135 Å². The third-order valence-corrected chi connectivity index (χ3v) is 6.52. The molecule has 1 aliphatic heterocycles. The summed E-state index contributed by atoms with van der Waals surface area (Å²) in [5.41, 5.74) is 12.5. The summed E-state index contributed by atoms with van der Waals surface area (Å²) in [5.74, 6) is 1.41. The molecule has 3 aromatic heterocycles. The Kier molecular flexibility index (Phi) is 5.83. The molecule has 5 aromatic rings. The first kappa shape index (κ1) is 23.4. The van der Waals surface area contributed by atoms with Crippen LogP contribution in [-0.2, 0) is 0 Å². The van der Waals surface area contributed by atoms with Gasteiger partial charge in [-0.1, -0.05) is 0 Å². The summed E-state index contributed by atoms with van der Waals surface area (Å²) < 4.78 is 6.33. The third-order valence-electron chi connectivity index (χ3n) is 6.52. The average Bonchev–Trinajstić information content (AvgIpc) is 3.35. The standard InChI is InChI=1S/C28H26N8O2/c1-16-12-19(22-9-4-18(14-30-22)27(37)36-10-3-11-36)13-17(2)24(16)38-26-23-25(32-15-31-23)34-28(35-26)33-21-7-5-20(29)6-8-21/h4-9,12-15H,3,10-11,29H2,1-2H3,(H2,31,32,33,34,35). The van der Waals surface area contributed by atoms with Crippen LogP contribution in [0, 0.1) is 13.8 Å². The van der Waals surface area contributed by atoms with E-state index < -0.39 is 0 Å². The van der Waals surface area contributed by atoms with E-state index in [0.717, 1.165) is 47.6 Å². The number of fused-ring (bicyclic) bond motifs is 1. The van der Waals surface area contributed by atoms with Crippen LogP contribution in [0.5, 0.6) is 11.6 Å². The average molecular weight is 507 g/mol. The van der Waals surface area contributed by atoms with Crippen LogP contribution in [0.15, 0.2) is 61.1 Å². The van der Waals surface area contributed by atoms with E-state index in [1.54, 1.807) is 24.7 Å². The van der Waals surface area contributed by atoms with Crippen molar-refractivity contribution in [2.24, 2.45) is 0 Å². The molecular formula is C28H26N8O2. The Morgan fingerprint density at radius 1 is 1.03 bits per heavy atom. The number of carbonyl (C=O) groups is 1. The number of ether oxygens (including phenoxy) is 1. The number of likely N-dealkylation sites (tertiary alicyclic amines) is 1. The number of pyridine rings is 1. The molecule has 1 amide bonds. The number of anilines is 3. The Bertz CT molecular complexity index is 1620. The van der Waals surface area contributed by atoms with Gasteiger partial charge < -0.3 is 25.7 Å². The predicted octanol–water partition coefficient (Wildman–Crippen LogP) is 5.00. The summed E-state index contributed by atoms with van der Waals surface area (Å²) in [6.07, 6.45) is 4.27. The van der Waals surface area contributed by atoms with Crippen molar-refractivity contribution in [2.45, 2.75) is 20.3 Å². The molecule has 0 bridgehead atoms. The molecule has 6 rings (SSSR count). The zero-order valence-electron chi connectivity index (χ0n) is 21.0. The number of nitrogens with one attached hydrogen (secondary N) is 2. The molecule has 0 spiro atoms. The highest BCUT2D eigenvalue weighted by molar-refractivity contribution is 5.94. The number of aryl methyl sites for hydroxylation is 2. The zero-order valence-corrected chi connectivity index (χ0v) is 21.0. The predicted molar refractivity (Wildman–Crippen MR) is 146 cm³/mol. The number of rotatable bonds is 6. The number of hydrogen-bond donors (Lipinski definition) is 3. The lowest BCUT2D eigenvalue weighted by atomic mass is 10.0. The number of aromatic nitrogens is 5. The van der Waals surface area contributed by atoms with Gasteiger partial charge in [-0.2, -0.15) is 9.97 Å².